The van der Waals surface area contributed by atoms with Crippen LogP contribution >= 0.6 is 11.8 Å². The van der Waals surface area contributed by atoms with E-state index in [0.717, 1.165) is 28.2 Å². The number of nitrogens with zero attached hydrogens (tertiary/aromatic N) is 4. The number of primary sulfonamides is 1. The number of amides is 1. The molecule has 3 aromatic carbocycles. The van der Waals surface area contributed by atoms with Crippen molar-refractivity contribution >= 4 is 44.2 Å². The lowest BCUT2D eigenvalue weighted by Gasteiger charge is -2.10. The topological polar surface area (TPSA) is 133 Å². The number of nitrogens with one attached hydrogen (secondary N) is 1. The van der Waals surface area contributed by atoms with Crippen LogP contribution in [0.5, 0.6) is 0 Å². The van der Waals surface area contributed by atoms with E-state index in [4.69, 9.17) is 5.14 Å². The van der Waals surface area contributed by atoms with Gasteiger partial charge in [0.15, 0.2) is 0 Å². The summed E-state index contributed by atoms with van der Waals surface area (Å²) in [5.41, 5.74) is 0.917. The smallest absolute Gasteiger partial charge is 0.240 e. The summed E-state index contributed by atoms with van der Waals surface area (Å²) in [7, 11) is -3.96. The molecule has 0 aliphatic rings. The second-order valence-corrected chi connectivity index (χ2v) is 8.72. The number of nitrogens with two attached hydrogens (primary N) is 1. The van der Waals surface area contributed by atoms with Crippen LogP contribution in [0.15, 0.2) is 76.8 Å². The molecule has 4 rings (SSSR count). The Kier molecular flexibility index (Phi) is 5.48. The molecule has 0 radical (unpaired) electrons. The van der Waals surface area contributed by atoms with Gasteiger partial charge in [-0.3, -0.25) is 4.79 Å². The first-order chi connectivity index (χ1) is 14.4. The quantitative estimate of drug-likeness (QED) is 0.439. The number of thioether (sulfide) groups is 1. The molecule has 3 N–H and O–H groups in total. The van der Waals surface area contributed by atoms with Crippen LogP contribution < -0.4 is 10.5 Å². The number of benzene rings is 3. The normalized spacial score (nSPS) is 11.5. The minimum atomic E-state index is -3.96. The highest BCUT2D eigenvalue weighted by Gasteiger charge is 2.17. The summed E-state index contributed by atoms with van der Waals surface area (Å²) in [5, 5.41) is 22.0. The largest absolute Gasteiger partial charge is 0.324 e. The number of rotatable bonds is 6. The average Bonchev–Trinajstić information content (AvgIpc) is 3.20. The number of tetrazole rings is 1. The van der Waals surface area contributed by atoms with Crippen molar-refractivity contribution in [3.63, 3.8) is 0 Å². The van der Waals surface area contributed by atoms with E-state index < -0.39 is 15.9 Å². The molecule has 30 heavy (non-hydrogen) atoms. The first kappa shape index (κ1) is 20.0. The summed E-state index contributed by atoms with van der Waals surface area (Å²) in [5.74, 6) is -0.437. The highest BCUT2D eigenvalue weighted by atomic mass is 32.2. The Hall–Kier alpha value is -3.28. The minimum absolute atomic E-state index is 0.0237. The summed E-state index contributed by atoms with van der Waals surface area (Å²) in [6.45, 7) is 0. The van der Waals surface area contributed by atoms with Crippen LogP contribution in [-0.4, -0.2) is 40.3 Å². The molecule has 1 aromatic heterocycles. The standard InChI is InChI=1S/C19H16N6O3S2/c20-30(27,28)17-11-4-3-9-15(17)21-18(26)12-29-19-22-23-24-25(19)16-10-5-7-13-6-1-2-8-14(13)16/h1-11H,12H2,(H,21,26)(H2,20,27,28). The van der Waals surface area contributed by atoms with Crippen LogP contribution in [0.1, 0.15) is 0 Å². The van der Waals surface area contributed by atoms with E-state index in [1.54, 1.807) is 10.7 Å². The van der Waals surface area contributed by atoms with Crippen molar-refractivity contribution in [1.29, 1.82) is 0 Å². The first-order valence-corrected chi connectivity index (χ1v) is 11.3. The minimum Gasteiger partial charge on any atom is -0.324 e. The number of carbonyl (C=O) groups excluding carboxylic acids is 1. The summed E-state index contributed by atoms with van der Waals surface area (Å²) < 4.78 is 24.9. The Balaban J connectivity index is 1.53. The molecule has 0 saturated carbocycles. The molecule has 1 amide bonds. The number of hydrogen-bond donors (Lipinski definition) is 2. The molecule has 152 valence electrons. The van der Waals surface area contributed by atoms with Gasteiger partial charge < -0.3 is 5.32 Å². The number of anilines is 1. The first-order valence-electron chi connectivity index (χ1n) is 8.74. The Morgan fingerprint density at radius 2 is 1.77 bits per heavy atom. The van der Waals surface area contributed by atoms with Gasteiger partial charge in [0.2, 0.25) is 21.1 Å². The predicted molar refractivity (Wildman–Crippen MR) is 114 cm³/mol. The van der Waals surface area contributed by atoms with Gasteiger partial charge >= 0.3 is 0 Å². The number of para-hydroxylation sites is 1. The molecule has 0 fully saturated rings. The van der Waals surface area contributed by atoms with Crippen LogP contribution in [0.4, 0.5) is 5.69 Å². The molecule has 0 saturated heterocycles. The zero-order valence-electron chi connectivity index (χ0n) is 15.5. The van der Waals surface area contributed by atoms with Gasteiger partial charge in [0, 0.05) is 5.39 Å². The Morgan fingerprint density at radius 3 is 2.60 bits per heavy atom. The Labute approximate surface area is 176 Å². The second-order valence-electron chi connectivity index (χ2n) is 6.25. The van der Waals surface area contributed by atoms with Crippen LogP contribution in [0.2, 0.25) is 0 Å². The Bertz CT molecular complexity index is 1330. The highest BCUT2D eigenvalue weighted by molar-refractivity contribution is 7.99. The van der Waals surface area contributed by atoms with Crippen molar-refractivity contribution in [3.05, 3.63) is 66.7 Å². The number of sulfonamides is 1. The van der Waals surface area contributed by atoms with E-state index in [1.807, 2.05) is 42.5 Å². The van der Waals surface area contributed by atoms with Crippen molar-refractivity contribution in [1.82, 2.24) is 20.2 Å². The van der Waals surface area contributed by atoms with Crippen LogP contribution in [0, 0.1) is 0 Å². The fourth-order valence-electron chi connectivity index (χ4n) is 2.95. The van der Waals surface area contributed by atoms with Gasteiger partial charge in [0.05, 0.1) is 17.1 Å². The van der Waals surface area contributed by atoms with Gasteiger partial charge in [0.1, 0.15) is 4.90 Å². The maximum absolute atomic E-state index is 12.4. The van der Waals surface area contributed by atoms with Crippen molar-refractivity contribution < 1.29 is 13.2 Å². The molecule has 0 atom stereocenters. The predicted octanol–water partition coefficient (Wildman–Crippen LogP) is 2.19. The lowest BCUT2D eigenvalue weighted by atomic mass is 10.1. The molecule has 0 aliphatic carbocycles. The van der Waals surface area contributed by atoms with E-state index in [1.165, 1.54) is 18.2 Å². The molecular weight excluding hydrogens is 424 g/mol. The van der Waals surface area contributed by atoms with Crippen molar-refractivity contribution in [3.8, 4) is 5.69 Å². The average molecular weight is 441 g/mol. The maximum Gasteiger partial charge on any atom is 0.240 e. The fraction of sp³-hybridized carbons (Fsp3) is 0.0526. The monoisotopic (exact) mass is 440 g/mol. The van der Waals surface area contributed by atoms with Crippen molar-refractivity contribution in [2.45, 2.75) is 10.1 Å². The third-order valence-electron chi connectivity index (χ3n) is 4.24. The van der Waals surface area contributed by atoms with Gasteiger partial charge in [-0.25, -0.2) is 13.6 Å². The van der Waals surface area contributed by atoms with Gasteiger partial charge in [-0.1, -0.05) is 60.3 Å². The zero-order chi connectivity index (χ0) is 21.1. The molecule has 1 heterocycles. The zero-order valence-corrected chi connectivity index (χ0v) is 17.1. The lowest BCUT2D eigenvalue weighted by molar-refractivity contribution is -0.113. The highest BCUT2D eigenvalue weighted by Crippen LogP contribution is 2.25. The number of aromatic nitrogens is 4. The molecule has 0 bridgehead atoms. The van der Waals surface area contributed by atoms with Gasteiger partial charge in [-0.05, 0) is 34.0 Å². The molecule has 4 aromatic rings. The van der Waals surface area contributed by atoms with Crippen LogP contribution in [0.25, 0.3) is 16.5 Å². The maximum atomic E-state index is 12.4. The van der Waals surface area contributed by atoms with Gasteiger partial charge in [-0.2, -0.15) is 4.68 Å². The van der Waals surface area contributed by atoms with Crippen molar-refractivity contribution in [2.75, 3.05) is 11.1 Å². The van der Waals surface area contributed by atoms with E-state index in [0.29, 0.717) is 5.16 Å². The third-order valence-corrected chi connectivity index (χ3v) is 6.12. The SMILES string of the molecule is NS(=O)(=O)c1ccccc1NC(=O)CSc1nnnn1-c1cccc2ccccc12. The van der Waals surface area contributed by atoms with Crippen LogP contribution in [-0.2, 0) is 14.8 Å². The molecule has 0 unspecified atom stereocenters. The molecule has 0 aliphatic heterocycles. The van der Waals surface area contributed by atoms with E-state index in [-0.39, 0.29) is 16.3 Å². The summed E-state index contributed by atoms with van der Waals surface area (Å²) >= 11 is 1.13. The van der Waals surface area contributed by atoms with E-state index >= 15 is 0 Å². The van der Waals surface area contributed by atoms with E-state index in [9.17, 15) is 13.2 Å². The molecular formula is C19H16N6O3S2. The molecule has 9 nitrogen and oxygen atoms in total. The Morgan fingerprint density at radius 1 is 1.03 bits per heavy atom. The van der Waals surface area contributed by atoms with Gasteiger partial charge in [-0.15, -0.1) is 5.10 Å². The summed E-state index contributed by atoms with van der Waals surface area (Å²) in [4.78, 5) is 12.3. The van der Waals surface area contributed by atoms with E-state index in [2.05, 4.69) is 20.8 Å². The number of hydrogen-bond acceptors (Lipinski definition) is 7. The van der Waals surface area contributed by atoms with Crippen LogP contribution in [0.3, 0.4) is 0 Å². The van der Waals surface area contributed by atoms with Crippen molar-refractivity contribution in [2.24, 2.45) is 5.14 Å². The number of fused-ring (bicyclic) bond motifs is 1. The second kappa shape index (κ2) is 8.22. The third kappa shape index (κ3) is 4.17. The summed E-state index contributed by atoms with van der Waals surface area (Å²) in [6, 6.07) is 19.6. The molecule has 11 heteroatoms. The number of carbonyl (C=O) groups is 1. The van der Waals surface area contributed by atoms with Gasteiger partial charge in [0.25, 0.3) is 0 Å². The lowest BCUT2D eigenvalue weighted by Crippen LogP contribution is -2.19. The molecule has 0 spiro atoms. The fourth-order valence-corrected chi connectivity index (χ4v) is 4.33. The summed E-state index contributed by atoms with van der Waals surface area (Å²) in [6.07, 6.45) is 0.